The minimum Gasteiger partial charge on any atom is -0.297 e. The molecule has 3 heteroatoms. The van der Waals surface area contributed by atoms with Gasteiger partial charge in [0.2, 0.25) is 0 Å². The van der Waals surface area contributed by atoms with Crippen molar-refractivity contribution in [3.8, 4) is 0 Å². The Morgan fingerprint density at radius 1 is 1.17 bits per heavy atom. The van der Waals surface area contributed by atoms with Gasteiger partial charge in [0.05, 0.1) is 0 Å². The zero-order valence-corrected chi connectivity index (χ0v) is 13.4. The summed E-state index contributed by atoms with van der Waals surface area (Å²) in [5.41, 5.74) is 1.03. The van der Waals surface area contributed by atoms with Crippen LogP contribution in [-0.4, -0.2) is 34.3 Å². The maximum absolute atomic E-state index is 12.9. The molecule has 3 nitrogen and oxygen atoms in total. The largest absolute Gasteiger partial charge is 0.297 e. The van der Waals surface area contributed by atoms with Gasteiger partial charge in [-0.3, -0.25) is 14.7 Å². The Kier molecular flexibility index (Phi) is 2.90. The lowest BCUT2D eigenvalue weighted by molar-refractivity contribution is -0.0274. The van der Waals surface area contributed by atoms with Crippen LogP contribution in [0.1, 0.15) is 42.6 Å². The molecule has 4 fully saturated rings. The van der Waals surface area contributed by atoms with Crippen LogP contribution in [0.25, 0.3) is 10.8 Å². The van der Waals surface area contributed by atoms with Crippen LogP contribution in [0.5, 0.6) is 0 Å². The normalized spacial score (nSPS) is 30.7. The Hall–Kier alpha value is -1.74. The highest BCUT2D eigenvalue weighted by Gasteiger charge is 2.60. The van der Waals surface area contributed by atoms with Crippen LogP contribution in [0.15, 0.2) is 36.5 Å². The second-order valence-electron chi connectivity index (χ2n) is 7.58. The molecule has 0 unspecified atom stereocenters. The molecule has 23 heavy (non-hydrogen) atoms. The average Bonchev–Trinajstić information content (AvgIpc) is 3.39. The van der Waals surface area contributed by atoms with Gasteiger partial charge in [-0.2, -0.15) is 0 Å². The molecule has 0 amide bonds. The van der Waals surface area contributed by atoms with Gasteiger partial charge in [0.25, 0.3) is 0 Å². The number of hydrogen-bond acceptors (Lipinski definition) is 3. The summed E-state index contributed by atoms with van der Waals surface area (Å²) in [4.78, 5) is 20.0. The number of benzene rings is 1. The van der Waals surface area contributed by atoms with E-state index in [2.05, 4.69) is 16.0 Å². The van der Waals surface area contributed by atoms with E-state index in [0.29, 0.717) is 23.6 Å². The molecule has 1 aliphatic carbocycles. The minimum absolute atomic E-state index is 0.237. The zero-order chi connectivity index (χ0) is 15.4. The lowest BCUT2D eigenvalue weighted by Crippen LogP contribution is -2.57. The van der Waals surface area contributed by atoms with Crippen molar-refractivity contribution >= 4 is 16.6 Å². The number of fused-ring (bicyclic) bond motifs is 3. The number of nitrogens with zero attached hydrogens (tertiary/aromatic N) is 2. The summed E-state index contributed by atoms with van der Waals surface area (Å²) in [6.45, 7) is 2.51. The topological polar surface area (TPSA) is 33.2 Å². The number of hydrogen-bond donors (Lipinski definition) is 0. The molecule has 0 radical (unpaired) electrons. The first-order chi connectivity index (χ1) is 11.3. The number of carbonyl (C=O) groups is 1. The highest BCUT2D eigenvalue weighted by Crippen LogP contribution is 2.58. The van der Waals surface area contributed by atoms with E-state index in [0.717, 1.165) is 16.7 Å². The first-order valence-electron chi connectivity index (χ1n) is 8.89. The van der Waals surface area contributed by atoms with Gasteiger partial charge in [0.1, 0.15) is 5.69 Å². The van der Waals surface area contributed by atoms with E-state index in [4.69, 9.17) is 0 Å². The fourth-order valence-electron chi connectivity index (χ4n) is 5.13. The number of rotatable bonds is 3. The predicted molar refractivity (Wildman–Crippen MR) is 90.4 cm³/mol. The molecule has 1 atom stereocenters. The van der Waals surface area contributed by atoms with E-state index < -0.39 is 0 Å². The Morgan fingerprint density at radius 2 is 1.91 bits per heavy atom. The molecular formula is C20H22N2O. The van der Waals surface area contributed by atoms with E-state index >= 15 is 0 Å². The second kappa shape index (κ2) is 4.88. The first-order valence-corrected chi connectivity index (χ1v) is 8.89. The number of ketones is 1. The molecule has 0 N–H and O–H groups in total. The monoisotopic (exact) mass is 306 g/mol. The third-order valence-corrected chi connectivity index (χ3v) is 6.51. The van der Waals surface area contributed by atoms with Crippen molar-refractivity contribution in [3.05, 3.63) is 42.2 Å². The number of Topliss-reactive ketones (excluding diaryl/α,β-unsaturated/α-hetero) is 1. The Bertz CT molecular complexity index is 772. The van der Waals surface area contributed by atoms with Gasteiger partial charge in [0, 0.05) is 23.5 Å². The number of carbonyl (C=O) groups excluding carboxylic acids is 1. The molecule has 2 bridgehead atoms. The van der Waals surface area contributed by atoms with Crippen LogP contribution in [-0.2, 0) is 0 Å². The molecule has 118 valence electrons. The summed E-state index contributed by atoms with van der Waals surface area (Å²) in [6.07, 6.45) is 7.69. The predicted octanol–water partition coefficient (Wildman–Crippen LogP) is 3.68. The van der Waals surface area contributed by atoms with Crippen molar-refractivity contribution in [1.29, 1.82) is 0 Å². The van der Waals surface area contributed by atoms with E-state index in [9.17, 15) is 4.79 Å². The lowest BCUT2D eigenvalue weighted by Gasteiger charge is -2.52. The highest BCUT2D eigenvalue weighted by atomic mass is 16.1. The van der Waals surface area contributed by atoms with Crippen molar-refractivity contribution in [2.45, 2.75) is 37.6 Å². The number of pyridine rings is 1. The zero-order valence-electron chi connectivity index (χ0n) is 13.4. The number of piperidine rings is 3. The second-order valence-corrected chi connectivity index (χ2v) is 7.58. The van der Waals surface area contributed by atoms with Gasteiger partial charge < -0.3 is 0 Å². The fourth-order valence-corrected chi connectivity index (χ4v) is 5.13. The first kappa shape index (κ1) is 13.7. The van der Waals surface area contributed by atoms with Gasteiger partial charge in [-0.1, -0.05) is 24.3 Å². The molecule has 6 rings (SSSR count). The van der Waals surface area contributed by atoms with Gasteiger partial charge in [-0.05, 0) is 62.1 Å². The van der Waals surface area contributed by atoms with Crippen LogP contribution in [0.2, 0.25) is 0 Å². The van der Waals surface area contributed by atoms with Gasteiger partial charge in [0.15, 0.2) is 5.78 Å². The molecule has 1 aromatic heterocycles. The van der Waals surface area contributed by atoms with E-state index in [1.807, 2.05) is 30.5 Å². The summed E-state index contributed by atoms with van der Waals surface area (Å²) < 4.78 is 0. The van der Waals surface area contributed by atoms with Crippen molar-refractivity contribution in [2.75, 3.05) is 13.1 Å². The molecule has 4 aliphatic rings. The number of aromatic nitrogens is 1. The van der Waals surface area contributed by atoms with Crippen LogP contribution < -0.4 is 0 Å². The third-order valence-electron chi connectivity index (χ3n) is 6.51. The summed E-state index contributed by atoms with van der Waals surface area (Å²) in [7, 11) is 0. The summed E-state index contributed by atoms with van der Waals surface area (Å²) >= 11 is 0. The maximum Gasteiger partial charge on any atom is 0.181 e. The van der Waals surface area contributed by atoms with Gasteiger partial charge >= 0.3 is 0 Å². The minimum atomic E-state index is 0.237. The third kappa shape index (κ3) is 2.06. The molecule has 2 aromatic rings. The van der Waals surface area contributed by atoms with Crippen LogP contribution in [0.3, 0.4) is 0 Å². The fraction of sp³-hybridized carbons (Fsp3) is 0.500. The maximum atomic E-state index is 12.9. The summed E-state index contributed by atoms with van der Waals surface area (Å²) in [5.74, 6) is 1.55. The molecule has 3 saturated heterocycles. The van der Waals surface area contributed by atoms with Crippen LogP contribution >= 0.6 is 0 Å². The van der Waals surface area contributed by atoms with Crippen molar-refractivity contribution < 1.29 is 4.79 Å². The highest BCUT2D eigenvalue weighted by molar-refractivity contribution is 5.98. The Labute approximate surface area is 136 Å². The molecular weight excluding hydrogens is 284 g/mol. The van der Waals surface area contributed by atoms with Crippen molar-refractivity contribution in [3.63, 3.8) is 0 Å². The quantitative estimate of drug-likeness (QED) is 0.811. The SMILES string of the molecule is O=C(C[C@@H]1C2CCN(CC2)C12CC2)c1cc2ccccc2cn1. The Morgan fingerprint density at radius 3 is 2.65 bits per heavy atom. The molecule has 4 heterocycles. The van der Waals surface area contributed by atoms with E-state index in [-0.39, 0.29) is 5.78 Å². The molecule has 3 aliphatic heterocycles. The smallest absolute Gasteiger partial charge is 0.181 e. The average molecular weight is 306 g/mol. The van der Waals surface area contributed by atoms with Gasteiger partial charge in [-0.15, -0.1) is 0 Å². The van der Waals surface area contributed by atoms with E-state index in [1.54, 1.807) is 0 Å². The van der Waals surface area contributed by atoms with Crippen molar-refractivity contribution in [1.82, 2.24) is 9.88 Å². The van der Waals surface area contributed by atoms with E-state index in [1.165, 1.54) is 38.8 Å². The van der Waals surface area contributed by atoms with Crippen molar-refractivity contribution in [2.24, 2.45) is 11.8 Å². The lowest BCUT2D eigenvalue weighted by atomic mass is 9.69. The van der Waals surface area contributed by atoms with Gasteiger partial charge in [-0.25, -0.2) is 0 Å². The standard InChI is InChI=1S/C20H22N2O/c23-19(18-11-15-3-1-2-4-16(15)13-21-18)12-17-14-5-9-22(10-6-14)20(17)7-8-20/h1-4,11,13-14,17H,5-10,12H2/t17-/m1/s1. The summed E-state index contributed by atoms with van der Waals surface area (Å²) in [6, 6.07) is 10.1. The summed E-state index contributed by atoms with van der Waals surface area (Å²) in [5, 5.41) is 2.21. The molecule has 1 aromatic carbocycles. The van der Waals surface area contributed by atoms with Crippen LogP contribution in [0.4, 0.5) is 0 Å². The van der Waals surface area contributed by atoms with Crippen LogP contribution in [0, 0.1) is 11.8 Å². The molecule has 1 saturated carbocycles. The Balaban J connectivity index is 1.42. The molecule has 1 spiro atoms.